The first kappa shape index (κ1) is 15.2. The van der Waals surface area contributed by atoms with Crippen molar-refractivity contribution in [2.75, 3.05) is 50.8 Å². The first-order chi connectivity index (χ1) is 10.6. The zero-order chi connectivity index (χ0) is 15.5. The minimum atomic E-state index is 0.135. The zero-order valence-electron chi connectivity index (χ0n) is 13.4. The predicted octanol–water partition coefficient (Wildman–Crippen LogP) is 0.833. The van der Waals surface area contributed by atoms with E-state index in [1.54, 1.807) is 17.3 Å². The summed E-state index contributed by atoms with van der Waals surface area (Å²) in [6.45, 7) is 10.0. The average molecular weight is 304 g/mol. The number of amides is 1. The van der Waals surface area contributed by atoms with Gasteiger partial charge in [0.2, 0.25) is 5.91 Å². The van der Waals surface area contributed by atoms with E-state index in [4.69, 9.17) is 4.74 Å². The molecule has 0 saturated carbocycles. The molecule has 6 nitrogen and oxygen atoms in total. The molecule has 0 aromatic carbocycles. The third-order valence-corrected chi connectivity index (χ3v) is 4.42. The van der Waals surface area contributed by atoms with Crippen LogP contribution in [0.2, 0.25) is 0 Å². The van der Waals surface area contributed by atoms with Gasteiger partial charge in [-0.15, -0.1) is 0 Å². The summed E-state index contributed by atoms with van der Waals surface area (Å²) >= 11 is 0. The lowest BCUT2D eigenvalue weighted by Gasteiger charge is -2.37. The fraction of sp³-hybridized carbons (Fsp3) is 0.625. The minimum Gasteiger partial charge on any atom is -0.489 e. The number of ether oxygens (including phenoxy) is 1. The number of pyridine rings is 1. The van der Waals surface area contributed by atoms with E-state index in [9.17, 15) is 4.79 Å². The smallest absolute Gasteiger partial charge is 0.241 e. The van der Waals surface area contributed by atoms with Crippen LogP contribution in [0.3, 0.4) is 0 Å². The second-order valence-corrected chi connectivity index (χ2v) is 6.14. The first-order valence-electron chi connectivity index (χ1n) is 7.99. The summed E-state index contributed by atoms with van der Waals surface area (Å²) in [7, 11) is 0. The van der Waals surface area contributed by atoms with E-state index in [0.717, 1.165) is 37.6 Å². The molecule has 1 amide bonds. The highest BCUT2D eigenvalue weighted by atomic mass is 16.5. The third kappa shape index (κ3) is 3.23. The fourth-order valence-corrected chi connectivity index (χ4v) is 3.04. The van der Waals surface area contributed by atoms with E-state index in [2.05, 4.69) is 28.6 Å². The standard InChI is InChI=1S/C16H24N4O2/c1-13(2)19-7-5-18(6-8-19)12-16(21)20-9-10-22-15-3-4-17-11-14(15)20/h3-4,11,13H,5-10,12H2,1-2H3. The van der Waals surface area contributed by atoms with Gasteiger partial charge in [0.15, 0.2) is 0 Å². The van der Waals surface area contributed by atoms with Gasteiger partial charge in [-0.05, 0) is 13.8 Å². The summed E-state index contributed by atoms with van der Waals surface area (Å²) in [5, 5.41) is 0. The fourth-order valence-electron chi connectivity index (χ4n) is 3.04. The van der Waals surface area contributed by atoms with Gasteiger partial charge in [0.1, 0.15) is 18.0 Å². The van der Waals surface area contributed by atoms with Gasteiger partial charge in [-0.1, -0.05) is 0 Å². The Morgan fingerprint density at radius 2 is 2.05 bits per heavy atom. The third-order valence-electron chi connectivity index (χ3n) is 4.42. The van der Waals surface area contributed by atoms with Gasteiger partial charge in [-0.2, -0.15) is 0 Å². The Balaban J connectivity index is 1.60. The van der Waals surface area contributed by atoms with Crippen molar-refractivity contribution in [2.24, 2.45) is 0 Å². The number of rotatable bonds is 3. The summed E-state index contributed by atoms with van der Waals surface area (Å²) < 4.78 is 5.58. The van der Waals surface area contributed by atoms with Crippen LogP contribution in [0.25, 0.3) is 0 Å². The molecular formula is C16H24N4O2. The molecule has 0 aliphatic carbocycles. The van der Waals surface area contributed by atoms with E-state index in [1.807, 2.05) is 6.07 Å². The zero-order valence-corrected chi connectivity index (χ0v) is 13.4. The average Bonchev–Trinajstić information content (AvgIpc) is 2.54. The molecular weight excluding hydrogens is 280 g/mol. The Morgan fingerprint density at radius 1 is 1.27 bits per heavy atom. The Kier molecular flexibility index (Phi) is 4.59. The van der Waals surface area contributed by atoms with Gasteiger partial charge < -0.3 is 9.64 Å². The molecule has 0 unspecified atom stereocenters. The quantitative estimate of drug-likeness (QED) is 0.828. The molecule has 3 heterocycles. The van der Waals surface area contributed by atoms with Gasteiger partial charge >= 0.3 is 0 Å². The van der Waals surface area contributed by atoms with Crippen LogP contribution in [0, 0.1) is 0 Å². The lowest BCUT2D eigenvalue weighted by atomic mass is 10.2. The molecule has 1 fully saturated rings. The van der Waals surface area contributed by atoms with Crippen LogP contribution in [-0.4, -0.2) is 72.6 Å². The summed E-state index contributed by atoms with van der Waals surface area (Å²) in [5.41, 5.74) is 0.791. The van der Waals surface area contributed by atoms with E-state index in [1.165, 1.54) is 0 Å². The number of hydrogen-bond acceptors (Lipinski definition) is 5. The molecule has 22 heavy (non-hydrogen) atoms. The molecule has 2 aliphatic heterocycles. The summed E-state index contributed by atoms with van der Waals surface area (Å²) in [4.78, 5) is 23.2. The number of anilines is 1. The number of nitrogens with zero attached hydrogens (tertiary/aromatic N) is 4. The number of aromatic nitrogens is 1. The number of carbonyl (C=O) groups is 1. The normalized spacial score (nSPS) is 19.9. The van der Waals surface area contributed by atoms with Crippen molar-refractivity contribution in [1.29, 1.82) is 0 Å². The Labute approximate surface area is 131 Å². The molecule has 2 aliphatic rings. The highest BCUT2D eigenvalue weighted by molar-refractivity contribution is 5.96. The van der Waals surface area contributed by atoms with Gasteiger partial charge in [0.05, 0.1) is 19.3 Å². The lowest BCUT2D eigenvalue weighted by molar-refractivity contribution is -0.120. The summed E-state index contributed by atoms with van der Waals surface area (Å²) in [6.07, 6.45) is 3.40. The highest BCUT2D eigenvalue weighted by Gasteiger charge is 2.27. The van der Waals surface area contributed by atoms with Crippen molar-refractivity contribution in [3.63, 3.8) is 0 Å². The molecule has 0 N–H and O–H groups in total. The lowest BCUT2D eigenvalue weighted by Crippen LogP contribution is -2.52. The van der Waals surface area contributed by atoms with Crippen LogP contribution < -0.4 is 9.64 Å². The molecule has 1 saturated heterocycles. The van der Waals surface area contributed by atoms with Crippen molar-refractivity contribution < 1.29 is 9.53 Å². The molecule has 0 spiro atoms. The summed E-state index contributed by atoms with van der Waals surface area (Å²) in [6, 6.07) is 2.39. The van der Waals surface area contributed by atoms with Crippen molar-refractivity contribution in [1.82, 2.24) is 14.8 Å². The second kappa shape index (κ2) is 6.62. The van der Waals surface area contributed by atoms with Gasteiger partial charge in [-0.3, -0.25) is 19.6 Å². The maximum absolute atomic E-state index is 12.6. The van der Waals surface area contributed by atoms with Crippen LogP contribution in [0.15, 0.2) is 18.5 Å². The van der Waals surface area contributed by atoms with Crippen molar-refractivity contribution in [3.05, 3.63) is 18.5 Å². The number of carbonyl (C=O) groups excluding carboxylic acids is 1. The van der Waals surface area contributed by atoms with Gasteiger partial charge in [0.25, 0.3) is 0 Å². The Hall–Kier alpha value is -1.66. The molecule has 0 bridgehead atoms. The van der Waals surface area contributed by atoms with Gasteiger partial charge in [0, 0.05) is 44.5 Å². The molecule has 3 rings (SSSR count). The van der Waals surface area contributed by atoms with E-state index in [-0.39, 0.29) is 5.91 Å². The van der Waals surface area contributed by atoms with E-state index >= 15 is 0 Å². The van der Waals surface area contributed by atoms with Crippen LogP contribution >= 0.6 is 0 Å². The Bertz CT molecular complexity index is 527. The van der Waals surface area contributed by atoms with E-state index < -0.39 is 0 Å². The SMILES string of the molecule is CC(C)N1CCN(CC(=O)N2CCOc3ccncc32)CC1. The van der Waals surface area contributed by atoms with Crippen LogP contribution in [0.5, 0.6) is 5.75 Å². The molecule has 1 aromatic rings. The number of fused-ring (bicyclic) bond motifs is 1. The molecule has 0 radical (unpaired) electrons. The van der Waals surface area contributed by atoms with Gasteiger partial charge in [-0.25, -0.2) is 0 Å². The Morgan fingerprint density at radius 3 is 2.77 bits per heavy atom. The monoisotopic (exact) mass is 304 g/mol. The van der Waals surface area contributed by atoms with Crippen LogP contribution in [0.1, 0.15) is 13.8 Å². The highest BCUT2D eigenvalue weighted by Crippen LogP contribution is 2.30. The topological polar surface area (TPSA) is 48.9 Å². The van der Waals surface area contributed by atoms with Crippen molar-refractivity contribution in [3.8, 4) is 5.75 Å². The second-order valence-electron chi connectivity index (χ2n) is 6.14. The molecule has 6 heteroatoms. The molecule has 0 atom stereocenters. The number of piperazine rings is 1. The maximum Gasteiger partial charge on any atom is 0.241 e. The van der Waals surface area contributed by atoms with Crippen molar-refractivity contribution >= 4 is 11.6 Å². The maximum atomic E-state index is 12.6. The largest absolute Gasteiger partial charge is 0.489 e. The predicted molar refractivity (Wildman–Crippen MR) is 85.2 cm³/mol. The first-order valence-corrected chi connectivity index (χ1v) is 7.99. The minimum absolute atomic E-state index is 0.135. The molecule has 1 aromatic heterocycles. The summed E-state index contributed by atoms with van der Waals surface area (Å²) in [5.74, 6) is 0.884. The molecule has 120 valence electrons. The van der Waals surface area contributed by atoms with Crippen LogP contribution in [-0.2, 0) is 4.79 Å². The number of hydrogen-bond donors (Lipinski definition) is 0. The van der Waals surface area contributed by atoms with Crippen LogP contribution in [0.4, 0.5) is 5.69 Å². The van der Waals surface area contributed by atoms with E-state index in [0.29, 0.717) is 25.7 Å². The van der Waals surface area contributed by atoms with Crippen molar-refractivity contribution in [2.45, 2.75) is 19.9 Å².